The molecule has 1 aromatic rings. The van der Waals surface area contributed by atoms with E-state index in [9.17, 15) is 5.11 Å². The molecule has 2 rings (SSSR count). The number of aromatic nitrogens is 2. The van der Waals surface area contributed by atoms with Crippen LogP contribution in [0.25, 0.3) is 0 Å². The maximum atomic E-state index is 9.40. The largest absolute Gasteiger partial charge is 0.393 e. The number of hydrogen-bond acceptors (Lipinski definition) is 5. The Balaban J connectivity index is 2.19. The molecule has 0 radical (unpaired) electrons. The SMILES string of the molecule is Nc1ncnc(N2CCC(O)CC2)c1Br. The van der Waals surface area contributed by atoms with E-state index in [0.717, 1.165) is 36.2 Å². The van der Waals surface area contributed by atoms with Crippen LogP contribution in [0.4, 0.5) is 11.6 Å². The molecule has 0 saturated carbocycles. The van der Waals surface area contributed by atoms with Crippen molar-refractivity contribution in [1.82, 2.24) is 9.97 Å². The van der Waals surface area contributed by atoms with Crippen LogP contribution in [0.3, 0.4) is 0 Å². The molecule has 0 spiro atoms. The Bertz CT molecular complexity index is 352. The molecule has 0 aromatic carbocycles. The third-order valence-electron chi connectivity index (χ3n) is 2.56. The summed E-state index contributed by atoms with van der Waals surface area (Å²) in [5.41, 5.74) is 5.68. The number of nitrogens with zero attached hydrogens (tertiary/aromatic N) is 3. The Morgan fingerprint density at radius 2 is 2.07 bits per heavy atom. The third kappa shape index (κ3) is 2.21. The summed E-state index contributed by atoms with van der Waals surface area (Å²) in [6, 6.07) is 0. The summed E-state index contributed by atoms with van der Waals surface area (Å²) >= 11 is 3.38. The van der Waals surface area contributed by atoms with E-state index in [4.69, 9.17) is 5.73 Å². The first-order valence-electron chi connectivity index (χ1n) is 4.87. The van der Waals surface area contributed by atoms with Crippen LogP contribution in [-0.4, -0.2) is 34.3 Å². The summed E-state index contributed by atoms with van der Waals surface area (Å²) in [5.74, 6) is 1.26. The number of hydrogen-bond donors (Lipinski definition) is 2. The summed E-state index contributed by atoms with van der Waals surface area (Å²) in [4.78, 5) is 10.2. The summed E-state index contributed by atoms with van der Waals surface area (Å²) < 4.78 is 0.737. The first-order chi connectivity index (χ1) is 7.18. The quantitative estimate of drug-likeness (QED) is 0.791. The van der Waals surface area contributed by atoms with Crippen LogP contribution in [0.2, 0.25) is 0 Å². The van der Waals surface area contributed by atoms with Gasteiger partial charge in [-0.15, -0.1) is 0 Å². The lowest BCUT2D eigenvalue weighted by Crippen LogP contribution is -2.36. The standard InChI is InChI=1S/C9H13BrN4O/c10-7-8(11)12-5-13-9(7)14-3-1-6(15)2-4-14/h5-6,15H,1-4H2,(H2,11,12,13). The molecular formula is C9H13BrN4O. The molecule has 0 amide bonds. The van der Waals surface area contributed by atoms with Crippen molar-refractivity contribution in [3.63, 3.8) is 0 Å². The van der Waals surface area contributed by atoms with Gasteiger partial charge in [0.2, 0.25) is 0 Å². The van der Waals surface area contributed by atoms with Crippen LogP contribution in [0.5, 0.6) is 0 Å². The Labute approximate surface area is 96.5 Å². The van der Waals surface area contributed by atoms with Crippen LogP contribution < -0.4 is 10.6 Å². The van der Waals surface area contributed by atoms with Crippen LogP contribution >= 0.6 is 15.9 Å². The Kier molecular flexibility index (Phi) is 3.06. The maximum absolute atomic E-state index is 9.40. The molecule has 0 atom stereocenters. The highest BCUT2D eigenvalue weighted by Crippen LogP contribution is 2.29. The molecule has 5 nitrogen and oxygen atoms in total. The minimum absolute atomic E-state index is 0.181. The van der Waals surface area contributed by atoms with Crippen molar-refractivity contribution in [3.8, 4) is 0 Å². The topological polar surface area (TPSA) is 75.3 Å². The van der Waals surface area contributed by atoms with Crippen molar-refractivity contribution in [2.75, 3.05) is 23.7 Å². The van der Waals surface area contributed by atoms with Gasteiger partial charge < -0.3 is 15.7 Å². The van der Waals surface area contributed by atoms with Crippen molar-refractivity contribution in [2.24, 2.45) is 0 Å². The second-order valence-corrected chi connectivity index (χ2v) is 4.41. The van der Waals surface area contributed by atoms with E-state index in [0.29, 0.717) is 5.82 Å². The molecule has 1 fully saturated rings. The summed E-state index contributed by atoms with van der Waals surface area (Å²) in [5, 5.41) is 9.40. The molecule has 15 heavy (non-hydrogen) atoms. The molecular weight excluding hydrogens is 260 g/mol. The zero-order valence-corrected chi connectivity index (χ0v) is 9.81. The molecule has 2 heterocycles. The summed E-state index contributed by atoms with van der Waals surface area (Å²) in [6.45, 7) is 1.60. The van der Waals surface area contributed by atoms with E-state index in [-0.39, 0.29) is 6.10 Å². The maximum Gasteiger partial charge on any atom is 0.148 e. The number of piperidine rings is 1. The molecule has 1 aromatic heterocycles. The van der Waals surface area contributed by atoms with Gasteiger partial charge in [0, 0.05) is 13.1 Å². The van der Waals surface area contributed by atoms with Gasteiger partial charge in [-0.05, 0) is 28.8 Å². The lowest BCUT2D eigenvalue weighted by atomic mass is 10.1. The smallest absolute Gasteiger partial charge is 0.148 e. The molecule has 0 bridgehead atoms. The third-order valence-corrected chi connectivity index (χ3v) is 3.32. The van der Waals surface area contributed by atoms with E-state index in [1.807, 2.05) is 0 Å². The van der Waals surface area contributed by atoms with Gasteiger partial charge in [0.25, 0.3) is 0 Å². The van der Waals surface area contributed by atoms with Gasteiger partial charge in [0.1, 0.15) is 22.4 Å². The van der Waals surface area contributed by atoms with Crippen LogP contribution in [0, 0.1) is 0 Å². The van der Waals surface area contributed by atoms with Crippen molar-refractivity contribution < 1.29 is 5.11 Å². The van der Waals surface area contributed by atoms with E-state index in [1.54, 1.807) is 0 Å². The molecule has 82 valence electrons. The first kappa shape index (κ1) is 10.6. The molecule has 0 aliphatic carbocycles. The molecule has 3 N–H and O–H groups in total. The summed E-state index contributed by atoms with van der Waals surface area (Å²) in [6.07, 6.45) is 2.83. The molecule has 1 aliphatic heterocycles. The zero-order chi connectivity index (χ0) is 10.8. The zero-order valence-electron chi connectivity index (χ0n) is 8.23. The fourth-order valence-electron chi connectivity index (χ4n) is 1.67. The van der Waals surface area contributed by atoms with E-state index >= 15 is 0 Å². The number of anilines is 2. The van der Waals surface area contributed by atoms with Gasteiger partial charge in [0.05, 0.1) is 6.10 Å². The number of halogens is 1. The van der Waals surface area contributed by atoms with Crippen molar-refractivity contribution in [1.29, 1.82) is 0 Å². The lowest BCUT2D eigenvalue weighted by Gasteiger charge is -2.31. The minimum atomic E-state index is -0.181. The highest BCUT2D eigenvalue weighted by atomic mass is 79.9. The Morgan fingerprint density at radius 1 is 1.40 bits per heavy atom. The van der Waals surface area contributed by atoms with E-state index in [1.165, 1.54) is 6.33 Å². The van der Waals surface area contributed by atoms with Gasteiger partial charge in [-0.3, -0.25) is 0 Å². The Hall–Kier alpha value is -0.880. The van der Waals surface area contributed by atoms with Gasteiger partial charge in [-0.2, -0.15) is 0 Å². The van der Waals surface area contributed by atoms with Crippen LogP contribution in [0.15, 0.2) is 10.8 Å². The van der Waals surface area contributed by atoms with Gasteiger partial charge in [-0.1, -0.05) is 0 Å². The number of aliphatic hydroxyl groups is 1. The van der Waals surface area contributed by atoms with Crippen molar-refractivity contribution >= 4 is 27.6 Å². The number of nitrogen functional groups attached to an aromatic ring is 1. The molecule has 1 aliphatic rings. The number of rotatable bonds is 1. The predicted octanol–water partition coefficient (Wildman–Crippen LogP) is 0.782. The van der Waals surface area contributed by atoms with Gasteiger partial charge in [-0.25, -0.2) is 9.97 Å². The number of nitrogens with two attached hydrogens (primary N) is 1. The minimum Gasteiger partial charge on any atom is -0.393 e. The Morgan fingerprint density at radius 3 is 2.73 bits per heavy atom. The summed E-state index contributed by atoms with van der Waals surface area (Å²) in [7, 11) is 0. The van der Waals surface area contributed by atoms with Crippen LogP contribution in [-0.2, 0) is 0 Å². The van der Waals surface area contributed by atoms with Gasteiger partial charge >= 0.3 is 0 Å². The molecule has 0 unspecified atom stereocenters. The predicted molar refractivity (Wildman–Crippen MR) is 61.6 cm³/mol. The van der Waals surface area contributed by atoms with E-state index < -0.39 is 0 Å². The monoisotopic (exact) mass is 272 g/mol. The highest BCUT2D eigenvalue weighted by molar-refractivity contribution is 9.10. The normalized spacial score (nSPS) is 18.1. The lowest BCUT2D eigenvalue weighted by molar-refractivity contribution is 0.145. The van der Waals surface area contributed by atoms with E-state index in [2.05, 4.69) is 30.8 Å². The second kappa shape index (κ2) is 4.32. The second-order valence-electron chi connectivity index (χ2n) is 3.61. The highest BCUT2D eigenvalue weighted by Gasteiger charge is 2.20. The van der Waals surface area contributed by atoms with Crippen LogP contribution in [0.1, 0.15) is 12.8 Å². The average Bonchev–Trinajstić information content (AvgIpc) is 2.24. The van der Waals surface area contributed by atoms with Crippen molar-refractivity contribution in [2.45, 2.75) is 18.9 Å². The number of aliphatic hydroxyl groups excluding tert-OH is 1. The average molecular weight is 273 g/mol. The molecule has 6 heteroatoms. The molecule has 1 saturated heterocycles. The fraction of sp³-hybridized carbons (Fsp3) is 0.556. The van der Waals surface area contributed by atoms with Gasteiger partial charge in [0.15, 0.2) is 0 Å². The fourth-order valence-corrected chi connectivity index (χ4v) is 2.13. The first-order valence-corrected chi connectivity index (χ1v) is 5.67. The van der Waals surface area contributed by atoms with Crippen molar-refractivity contribution in [3.05, 3.63) is 10.8 Å².